The highest BCUT2D eigenvalue weighted by Crippen LogP contribution is 2.35. The van der Waals surface area contributed by atoms with Crippen molar-refractivity contribution < 1.29 is 15.0 Å². The molecular weight excluding hydrogens is 412 g/mol. The van der Waals surface area contributed by atoms with Crippen molar-refractivity contribution in [1.82, 2.24) is 9.80 Å². The maximum absolute atomic E-state index is 11.1. The Morgan fingerprint density at radius 3 is 2.27 bits per heavy atom. The highest BCUT2D eigenvalue weighted by molar-refractivity contribution is 5.70. The number of phenols is 1. The molecule has 1 aliphatic rings. The molecule has 0 spiro atoms. The minimum absolute atomic E-state index is 0.0165. The third kappa shape index (κ3) is 5.62. The number of hydrogen-bond acceptors (Lipinski definition) is 4. The van der Waals surface area contributed by atoms with Gasteiger partial charge < -0.3 is 10.2 Å². The van der Waals surface area contributed by atoms with Crippen LogP contribution in [0.5, 0.6) is 5.75 Å². The number of benzene rings is 3. The maximum Gasteiger partial charge on any atom is 0.307 e. The summed E-state index contributed by atoms with van der Waals surface area (Å²) in [6.45, 7) is 7.31. The van der Waals surface area contributed by atoms with E-state index in [4.69, 9.17) is 5.11 Å². The van der Waals surface area contributed by atoms with Gasteiger partial charge in [0, 0.05) is 31.7 Å². The lowest BCUT2D eigenvalue weighted by Crippen LogP contribution is -2.56. The molecular formula is C28H32N2O3. The summed E-state index contributed by atoms with van der Waals surface area (Å²) in [5.41, 5.74) is 4.25. The molecule has 1 saturated heterocycles. The summed E-state index contributed by atoms with van der Waals surface area (Å²) in [6, 6.07) is 26.6. The number of piperazine rings is 1. The number of nitrogens with zero attached hydrogens (tertiary/aromatic N) is 2. The summed E-state index contributed by atoms with van der Waals surface area (Å²) in [5.74, 6) is -0.576. The number of carbonyl (C=O) groups is 1. The first-order valence-electron chi connectivity index (χ1n) is 11.5. The van der Waals surface area contributed by atoms with Gasteiger partial charge in [0.25, 0.3) is 0 Å². The highest BCUT2D eigenvalue weighted by atomic mass is 16.4. The molecule has 1 aliphatic heterocycles. The summed E-state index contributed by atoms with van der Waals surface area (Å²) in [6.07, 6.45) is 0.0165. The summed E-state index contributed by atoms with van der Waals surface area (Å²) < 4.78 is 0. The van der Waals surface area contributed by atoms with E-state index in [1.165, 1.54) is 5.56 Å². The smallest absolute Gasteiger partial charge is 0.307 e. The first-order chi connectivity index (χ1) is 15.9. The van der Waals surface area contributed by atoms with Crippen LogP contribution in [0.25, 0.3) is 0 Å². The predicted molar refractivity (Wildman–Crippen MR) is 130 cm³/mol. The van der Waals surface area contributed by atoms with Crippen molar-refractivity contribution >= 4 is 5.97 Å². The summed E-state index contributed by atoms with van der Waals surface area (Å²) in [4.78, 5) is 16.1. The third-order valence-electron chi connectivity index (χ3n) is 6.56. The molecule has 33 heavy (non-hydrogen) atoms. The molecule has 3 aromatic rings. The Balaban J connectivity index is 1.61. The molecule has 0 aromatic heterocycles. The van der Waals surface area contributed by atoms with Gasteiger partial charge in [-0.1, -0.05) is 66.7 Å². The minimum atomic E-state index is -0.829. The molecule has 0 bridgehead atoms. The van der Waals surface area contributed by atoms with E-state index >= 15 is 0 Å². The van der Waals surface area contributed by atoms with Gasteiger partial charge in [0.1, 0.15) is 5.75 Å². The quantitative estimate of drug-likeness (QED) is 0.553. The first kappa shape index (κ1) is 23.0. The van der Waals surface area contributed by atoms with Crippen LogP contribution in [-0.4, -0.2) is 51.2 Å². The van der Waals surface area contributed by atoms with Gasteiger partial charge >= 0.3 is 5.97 Å². The number of aromatic hydroxyl groups is 1. The maximum atomic E-state index is 11.1. The van der Waals surface area contributed by atoms with Gasteiger partial charge in [-0.2, -0.15) is 0 Å². The lowest BCUT2D eigenvalue weighted by Gasteiger charge is -2.47. The van der Waals surface area contributed by atoms with Crippen LogP contribution in [0.2, 0.25) is 0 Å². The van der Waals surface area contributed by atoms with Gasteiger partial charge in [-0.05, 0) is 48.2 Å². The number of rotatable bonds is 7. The average Bonchev–Trinajstić information content (AvgIpc) is 2.79. The van der Waals surface area contributed by atoms with E-state index in [-0.39, 0.29) is 18.2 Å². The van der Waals surface area contributed by atoms with Crippen LogP contribution < -0.4 is 0 Å². The van der Waals surface area contributed by atoms with E-state index in [2.05, 4.69) is 60.0 Å². The van der Waals surface area contributed by atoms with Gasteiger partial charge in [-0.15, -0.1) is 0 Å². The standard InChI is InChI=1S/C28H32N2O3/c1-20-18-30(21(2)17-29(20)19-23-7-4-3-5-8-23)28(25-9-6-10-26(31)16-25)24-13-11-22(12-14-24)15-27(32)33/h3-14,16,20-21,28,31H,15,17-19H2,1-2H3,(H,32,33)/t20-,21+,28-/m1/s1. The summed E-state index contributed by atoms with van der Waals surface area (Å²) in [5, 5.41) is 19.3. The number of carboxylic acid groups (broad SMARTS) is 1. The van der Waals surface area contributed by atoms with Crippen LogP contribution in [0, 0.1) is 0 Å². The molecule has 1 heterocycles. The zero-order chi connectivity index (χ0) is 23.4. The Bertz CT molecular complexity index is 1070. The fourth-order valence-electron chi connectivity index (χ4n) is 4.89. The lowest BCUT2D eigenvalue weighted by atomic mass is 9.92. The zero-order valence-corrected chi connectivity index (χ0v) is 19.3. The van der Waals surface area contributed by atoms with Crippen LogP contribution in [0.4, 0.5) is 0 Å². The second-order valence-electron chi connectivity index (χ2n) is 9.12. The van der Waals surface area contributed by atoms with Crippen LogP contribution in [0.3, 0.4) is 0 Å². The van der Waals surface area contributed by atoms with Crippen molar-refractivity contribution in [2.75, 3.05) is 13.1 Å². The molecule has 0 radical (unpaired) electrons. The first-order valence-corrected chi connectivity index (χ1v) is 11.5. The molecule has 5 nitrogen and oxygen atoms in total. The molecule has 0 amide bonds. The van der Waals surface area contributed by atoms with E-state index in [0.29, 0.717) is 12.1 Å². The summed E-state index contributed by atoms with van der Waals surface area (Å²) >= 11 is 0. The van der Waals surface area contributed by atoms with Crippen molar-refractivity contribution in [2.24, 2.45) is 0 Å². The van der Waals surface area contributed by atoms with Crippen LogP contribution in [0.15, 0.2) is 78.9 Å². The molecule has 172 valence electrons. The van der Waals surface area contributed by atoms with Gasteiger partial charge in [0.15, 0.2) is 0 Å². The topological polar surface area (TPSA) is 64.0 Å². The lowest BCUT2D eigenvalue weighted by molar-refractivity contribution is -0.136. The van der Waals surface area contributed by atoms with Crippen molar-refractivity contribution in [1.29, 1.82) is 0 Å². The Morgan fingerprint density at radius 1 is 0.879 bits per heavy atom. The van der Waals surface area contributed by atoms with Crippen molar-refractivity contribution in [3.05, 3.63) is 101 Å². The number of carboxylic acids is 1. The number of aliphatic carboxylic acids is 1. The zero-order valence-electron chi connectivity index (χ0n) is 19.3. The number of hydrogen-bond donors (Lipinski definition) is 2. The molecule has 5 heteroatoms. The second kappa shape index (κ2) is 10.2. The number of phenolic OH excluding ortho intramolecular Hbond substituents is 1. The summed E-state index contributed by atoms with van der Waals surface area (Å²) in [7, 11) is 0. The predicted octanol–water partition coefficient (Wildman–Crippen LogP) is 4.70. The van der Waals surface area contributed by atoms with E-state index in [0.717, 1.165) is 36.3 Å². The Labute approximate surface area is 195 Å². The molecule has 3 atom stereocenters. The van der Waals surface area contributed by atoms with E-state index in [9.17, 15) is 9.90 Å². The molecule has 1 fully saturated rings. The second-order valence-corrected chi connectivity index (χ2v) is 9.12. The van der Waals surface area contributed by atoms with E-state index in [1.807, 2.05) is 36.4 Å². The van der Waals surface area contributed by atoms with Gasteiger partial charge in [0.2, 0.25) is 0 Å². The highest BCUT2D eigenvalue weighted by Gasteiger charge is 2.34. The monoisotopic (exact) mass is 444 g/mol. The van der Waals surface area contributed by atoms with Gasteiger partial charge in [-0.25, -0.2) is 0 Å². The van der Waals surface area contributed by atoms with Crippen LogP contribution >= 0.6 is 0 Å². The van der Waals surface area contributed by atoms with Crippen LogP contribution in [0.1, 0.15) is 42.1 Å². The molecule has 0 saturated carbocycles. The van der Waals surface area contributed by atoms with Crippen molar-refractivity contribution in [3.63, 3.8) is 0 Å². The molecule has 3 aromatic carbocycles. The average molecular weight is 445 g/mol. The van der Waals surface area contributed by atoms with Gasteiger partial charge in [0.05, 0.1) is 12.5 Å². The normalized spacial score (nSPS) is 20.4. The van der Waals surface area contributed by atoms with Crippen molar-refractivity contribution in [3.8, 4) is 5.75 Å². The minimum Gasteiger partial charge on any atom is -0.508 e. The fourth-order valence-corrected chi connectivity index (χ4v) is 4.89. The molecule has 2 N–H and O–H groups in total. The fraction of sp³-hybridized carbons (Fsp3) is 0.321. The van der Waals surface area contributed by atoms with E-state index in [1.54, 1.807) is 6.07 Å². The molecule has 0 aliphatic carbocycles. The Hall–Kier alpha value is -3.15. The van der Waals surface area contributed by atoms with Crippen molar-refractivity contribution in [2.45, 2.75) is 44.9 Å². The Morgan fingerprint density at radius 2 is 1.61 bits per heavy atom. The largest absolute Gasteiger partial charge is 0.508 e. The third-order valence-corrected chi connectivity index (χ3v) is 6.56. The molecule has 0 unspecified atom stereocenters. The van der Waals surface area contributed by atoms with E-state index < -0.39 is 5.97 Å². The molecule has 4 rings (SSSR count). The van der Waals surface area contributed by atoms with Crippen LogP contribution in [-0.2, 0) is 17.8 Å². The Kier molecular flexibility index (Phi) is 7.11. The SMILES string of the molecule is C[C@@H]1CN([C@H](c2ccc(CC(=O)O)cc2)c2cccc(O)c2)[C@@H](C)CN1Cc1ccccc1. The van der Waals surface area contributed by atoms with Gasteiger partial charge in [-0.3, -0.25) is 14.6 Å².